The summed E-state index contributed by atoms with van der Waals surface area (Å²) in [7, 11) is 0. The lowest BCUT2D eigenvalue weighted by atomic mass is 10.1. The maximum atomic E-state index is 12.5. The lowest BCUT2D eigenvalue weighted by molar-refractivity contribution is -0.133. The lowest BCUT2D eigenvalue weighted by Gasteiger charge is -2.44. The second kappa shape index (κ2) is 7.34. The van der Waals surface area contributed by atoms with Crippen molar-refractivity contribution in [3.63, 3.8) is 0 Å². The van der Waals surface area contributed by atoms with Gasteiger partial charge in [0, 0.05) is 42.3 Å². The minimum Gasteiger partial charge on any atom is -0.444 e. The number of aromatic nitrogens is 1. The van der Waals surface area contributed by atoms with E-state index in [0.717, 1.165) is 4.88 Å². The van der Waals surface area contributed by atoms with E-state index >= 15 is 0 Å². The van der Waals surface area contributed by atoms with Gasteiger partial charge in [0.2, 0.25) is 5.91 Å². The Morgan fingerprint density at radius 1 is 1.29 bits per heavy atom. The third kappa shape index (κ3) is 4.80. The summed E-state index contributed by atoms with van der Waals surface area (Å²) in [4.78, 5) is 33.2. The minimum atomic E-state index is -0.520. The summed E-state index contributed by atoms with van der Waals surface area (Å²) < 4.78 is 5.43. The number of ether oxygens (including phenoxy) is 1. The normalized spacial score (nSPS) is 22.0. The van der Waals surface area contributed by atoms with Gasteiger partial charge in [-0.25, -0.2) is 4.79 Å². The molecule has 24 heavy (non-hydrogen) atoms. The van der Waals surface area contributed by atoms with Crippen LogP contribution in [0.4, 0.5) is 4.79 Å². The Hall–Kier alpha value is -1.89. The van der Waals surface area contributed by atoms with Gasteiger partial charge in [0.05, 0.1) is 5.51 Å². The van der Waals surface area contributed by atoms with E-state index in [0.29, 0.717) is 13.1 Å². The standard InChI is InChI=1S/C17H25N3O3S/c1-12-9-19(16(22)23-17(3,4)5)10-13(2)20(12)15(21)7-6-14-8-18-11-24-14/h6-8,11-13H,9-10H2,1-5H3/b7-6+/t12-,13+. The maximum Gasteiger partial charge on any atom is 0.410 e. The molecule has 0 saturated carbocycles. The van der Waals surface area contributed by atoms with E-state index in [4.69, 9.17) is 4.74 Å². The molecule has 1 saturated heterocycles. The summed E-state index contributed by atoms with van der Waals surface area (Å²) in [5.74, 6) is -0.0489. The van der Waals surface area contributed by atoms with E-state index in [9.17, 15) is 9.59 Å². The van der Waals surface area contributed by atoms with Crippen molar-refractivity contribution >= 4 is 29.4 Å². The molecular formula is C17H25N3O3S. The fourth-order valence-electron chi connectivity index (χ4n) is 2.78. The first-order valence-electron chi connectivity index (χ1n) is 8.04. The molecule has 2 heterocycles. The van der Waals surface area contributed by atoms with Crippen LogP contribution in [0.3, 0.4) is 0 Å². The zero-order valence-electron chi connectivity index (χ0n) is 14.9. The molecule has 0 aliphatic carbocycles. The molecule has 2 amide bonds. The zero-order chi connectivity index (χ0) is 17.9. The van der Waals surface area contributed by atoms with Crippen LogP contribution in [-0.2, 0) is 9.53 Å². The number of hydrogen-bond donors (Lipinski definition) is 0. The molecule has 6 nitrogen and oxygen atoms in total. The first-order valence-corrected chi connectivity index (χ1v) is 8.92. The average Bonchev–Trinajstić information content (AvgIpc) is 2.95. The summed E-state index contributed by atoms with van der Waals surface area (Å²) >= 11 is 1.48. The van der Waals surface area contributed by atoms with Crippen molar-refractivity contribution in [3.05, 3.63) is 22.7 Å². The van der Waals surface area contributed by atoms with E-state index in [1.807, 2.05) is 39.5 Å². The molecule has 1 aromatic rings. The Balaban J connectivity index is 2.00. The molecule has 1 aliphatic heterocycles. The first kappa shape index (κ1) is 18.4. The van der Waals surface area contributed by atoms with Crippen LogP contribution in [-0.4, -0.2) is 57.6 Å². The molecule has 0 radical (unpaired) electrons. The van der Waals surface area contributed by atoms with Gasteiger partial charge < -0.3 is 14.5 Å². The number of rotatable bonds is 2. The molecule has 0 bridgehead atoms. The maximum absolute atomic E-state index is 12.5. The Kier molecular flexibility index (Phi) is 5.64. The van der Waals surface area contributed by atoms with Gasteiger partial charge in [0.1, 0.15) is 5.60 Å². The number of carbonyl (C=O) groups is 2. The van der Waals surface area contributed by atoms with Crippen molar-refractivity contribution in [2.24, 2.45) is 0 Å². The molecule has 2 rings (SSSR count). The Morgan fingerprint density at radius 3 is 2.42 bits per heavy atom. The van der Waals surface area contributed by atoms with Gasteiger partial charge in [-0.2, -0.15) is 0 Å². The van der Waals surface area contributed by atoms with Gasteiger partial charge in [0.15, 0.2) is 0 Å². The largest absolute Gasteiger partial charge is 0.444 e. The first-order chi connectivity index (χ1) is 11.2. The van der Waals surface area contributed by atoms with Crippen LogP contribution in [0.5, 0.6) is 0 Å². The van der Waals surface area contributed by atoms with Crippen molar-refractivity contribution in [3.8, 4) is 0 Å². The van der Waals surface area contributed by atoms with Gasteiger partial charge in [0.25, 0.3) is 0 Å². The monoisotopic (exact) mass is 351 g/mol. The third-order valence-corrected chi connectivity index (χ3v) is 4.41. The third-order valence-electron chi connectivity index (χ3n) is 3.67. The highest BCUT2D eigenvalue weighted by molar-refractivity contribution is 7.10. The van der Waals surface area contributed by atoms with E-state index in [1.165, 1.54) is 11.3 Å². The molecule has 0 N–H and O–H groups in total. The summed E-state index contributed by atoms with van der Waals surface area (Å²) in [6.45, 7) is 10.4. The van der Waals surface area contributed by atoms with Crippen LogP contribution in [0, 0.1) is 0 Å². The predicted molar refractivity (Wildman–Crippen MR) is 94.7 cm³/mol. The van der Waals surface area contributed by atoms with Crippen molar-refractivity contribution < 1.29 is 14.3 Å². The van der Waals surface area contributed by atoms with Gasteiger partial charge >= 0.3 is 6.09 Å². The van der Waals surface area contributed by atoms with E-state index in [2.05, 4.69) is 4.98 Å². The van der Waals surface area contributed by atoms with Crippen LogP contribution in [0.15, 0.2) is 17.8 Å². The second-order valence-electron chi connectivity index (χ2n) is 7.07. The van der Waals surface area contributed by atoms with Crippen LogP contribution in [0.2, 0.25) is 0 Å². The second-order valence-corrected chi connectivity index (χ2v) is 7.98. The summed E-state index contributed by atoms with van der Waals surface area (Å²) in [6, 6.07) is -0.139. The molecule has 7 heteroatoms. The lowest BCUT2D eigenvalue weighted by Crippen LogP contribution is -2.60. The summed E-state index contributed by atoms with van der Waals surface area (Å²) in [5, 5.41) is 0. The highest BCUT2D eigenvalue weighted by Crippen LogP contribution is 2.19. The molecule has 0 unspecified atom stereocenters. The van der Waals surface area contributed by atoms with Gasteiger partial charge in [-0.15, -0.1) is 11.3 Å². The van der Waals surface area contributed by atoms with E-state index in [1.54, 1.807) is 28.8 Å². The molecule has 1 aromatic heterocycles. The fraction of sp³-hybridized carbons (Fsp3) is 0.588. The molecule has 1 fully saturated rings. The highest BCUT2D eigenvalue weighted by Gasteiger charge is 2.35. The molecule has 1 aliphatic rings. The van der Waals surface area contributed by atoms with Gasteiger partial charge in [-0.05, 0) is 40.7 Å². The van der Waals surface area contributed by atoms with Crippen molar-refractivity contribution in [2.45, 2.75) is 52.3 Å². The van der Waals surface area contributed by atoms with Crippen LogP contribution < -0.4 is 0 Å². The Morgan fingerprint density at radius 2 is 1.92 bits per heavy atom. The SMILES string of the molecule is C[C@@H]1CN(C(=O)OC(C)(C)C)C[C@H](C)N1C(=O)/C=C/c1cncs1. The minimum absolute atomic E-state index is 0.0489. The number of carbonyl (C=O) groups excluding carboxylic acids is 2. The van der Waals surface area contributed by atoms with E-state index in [-0.39, 0.29) is 24.1 Å². The van der Waals surface area contributed by atoms with Gasteiger partial charge in [-0.1, -0.05) is 0 Å². The average molecular weight is 351 g/mol. The number of amides is 2. The Bertz CT molecular complexity index is 595. The molecular weight excluding hydrogens is 326 g/mol. The van der Waals surface area contributed by atoms with Crippen LogP contribution in [0.1, 0.15) is 39.5 Å². The summed E-state index contributed by atoms with van der Waals surface area (Å²) in [5.41, 5.74) is 1.21. The Labute approximate surface area is 147 Å². The number of piperazine rings is 1. The molecule has 132 valence electrons. The van der Waals surface area contributed by atoms with Gasteiger partial charge in [-0.3, -0.25) is 9.78 Å². The zero-order valence-corrected chi connectivity index (χ0v) is 15.7. The van der Waals surface area contributed by atoms with Crippen LogP contribution >= 0.6 is 11.3 Å². The van der Waals surface area contributed by atoms with Crippen molar-refractivity contribution in [1.29, 1.82) is 0 Å². The van der Waals surface area contributed by atoms with Crippen molar-refractivity contribution in [1.82, 2.24) is 14.8 Å². The molecule has 0 aromatic carbocycles. The van der Waals surface area contributed by atoms with Crippen LogP contribution in [0.25, 0.3) is 6.08 Å². The number of hydrogen-bond acceptors (Lipinski definition) is 5. The number of nitrogens with zero attached hydrogens (tertiary/aromatic N) is 3. The molecule has 2 atom stereocenters. The topological polar surface area (TPSA) is 62.7 Å². The quantitative estimate of drug-likeness (QED) is 0.769. The highest BCUT2D eigenvalue weighted by atomic mass is 32.1. The molecule has 0 spiro atoms. The smallest absolute Gasteiger partial charge is 0.410 e. The predicted octanol–water partition coefficient (Wildman–Crippen LogP) is 3.01. The van der Waals surface area contributed by atoms with E-state index < -0.39 is 5.60 Å². The fourth-order valence-corrected chi connectivity index (χ4v) is 3.29. The van der Waals surface area contributed by atoms with Crippen molar-refractivity contribution in [2.75, 3.05) is 13.1 Å². The summed E-state index contributed by atoms with van der Waals surface area (Å²) in [6.07, 6.45) is 4.75. The number of thiazole rings is 1.